The van der Waals surface area contributed by atoms with Crippen LogP contribution in [-0.4, -0.2) is 24.6 Å². The molecule has 0 unspecified atom stereocenters. The van der Waals surface area contributed by atoms with Crippen molar-refractivity contribution in [3.63, 3.8) is 0 Å². The van der Waals surface area contributed by atoms with E-state index in [0.717, 1.165) is 21.5 Å². The Labute approximate surface area is 139 Å². The number of hydrogen-bond donors (Lipinski definition) is 1. The van der Waals surface area contributed by atoms with Crippen LogP contribution in [0.4, 0.5) is 10.5 Å². The minimum atomic E-state index is -0.152. The van der Waals surface area contributed by atoms with Crippen molar-refractivity contribution in [3.05, 3.63) is 58.6 Å². The maximum Gasteiger partial charge on any atom is 0.321 e. The van der Waals surface area contributed by atoms with E-state index < -0.39 is 0 Å². The van der Waals surface area contributed by atoms with Crippen LogP contribution in [0, 0.1) is 0 Å². The van der Waals surface area contributed by atoms with Gasteiger partial charge in [0.05, 0.1) is 12.3 Å². The second-order valence-corrected chi connectivity index (χ2v) is 5.70. The van der Waals surface area contributed by atoms with E-state index in [2.05, 4.69) is 21.2 Å². The van der Waals surface area contributed by atoms with Crippen LogP contribution in [0.25, 0.3) is 0 Å². The van der Waals surface area contributed by atoms with Gasteiger partial charge in [0.1, 0.15) is 5.75 Å². The summed E-state index contributed by atoms with van der Waals surface area (Å²) in [6, 6.07) is 15.1. The lowest BCUT2D eigenvalue weighted by atomic mass is 10.2. The molecule has 0 saturated carbocycles. The van der Waals surface area contributed by atoms with Crippen molar-refractivity contribution >= 4 is 27.6 Å². The first-order chi connectivity index (χ1) is 10.6. The second-order valence-electron chi connectivity index (χ2n) is 4.84. The predicted molar refractivity (Wildman–Crippen MR) is 92.2 cm³/mol. The molecule has 0 fully saturated rings. The van der Waals surface area contributed by atoms with Crippen LogP contribution in [0.1, 0.15) is 12.5 Å². The molecule has 2 amide bonds. The Kier molecular flexibility index (Phi) is 5.83. The second kappa shape index (κ2) is 7.84. The Morgan fingerprint density at radius 3 is 2.50 bits per heavy atom. The molecule has 2 aromatic carbocycles. The average molecular weight is 363 g/mol. The highest BCUT2D eigenvalue weighted by atomic mass is 79.9. The molecule has 4 nitrogen and oxygen atoms in total. The summed E-state index contributed by atoms with van der Waals surface area (Å²) < 4.78 is 6.27. The number of nitrogens with one attached hydrogen (secondary N) is 1. The van der Waals surface area contributed by atoms with Gasteiger partial charge in [-0.25, -0.2) is 4.79 Å². The maximum absolute atomic E-state index is 12.2. The van der Waals surface area contributed by atoms with Gasteiger partial charge in [0.15, 0.2) is 0 Å². The minimum absolute atomic E-state index is 0.152. The molecule has 0 spiro atoms. The summed E-state index contributed by atoms with van der Waals surface area (Å²) in [5.41, 5.74) is 1.80. The lowest BCUT2D eigenvalue weighted by Crippen LogP contribution is -2.30. The van der Waals surface area contributed by atoms with Gasteiger partial charge in [-0.3, -0.25) is 0 Å². The summed E-state index contributed by atoms with van der Waals surface area (Å²) in [6.07, 6.45) is 0. The van der Waals surface area contributed by atoms with Gasteiger partial charge in [0, 0.05) is 18.1 Å². The molecule has 0 heterocycles. The molecular weight excluding hydrogens is 344 g/mol. The fraction of sp³-hybridized carbons (Fsp3) is 0.235. The number of benzene rings is 2. The molecular formula is C17H19BrN2O2. The number of anilines is 1. The first-order valence-electron chi connectivity index (χ1n) is 7.08. The molecule has 0 aromatic heterocycles. The molecule has 0 aliphatic rings. The van der Waals surface area contributed by atoms with Crippen LogP contribution >= 0.6 is 15.9 Å². The molecule has 2 aromatic rings. The van der Waals surface area contributed by atoms with E-state index in [1.807, 2.05) is 55.5 Å². The monoisotopic (exact) mass is 362 g/mol. The Morgan fingerprint density at radius 2 is 1.86 bits per heavy atom. The van der Waals surface area contributed by atoms with Crippen molar-refractivity contribution in [3.8, 4) is 5.75 Å². The number of halogens is 1. The maximum atomic E-state index is 12.2. The molecule has 0 aliphatic carbocycles. The van der Waals surface area contributed by atoms with Crippen molar-refractivity contribution < 1.29 is 9.53 Å². The molecule has 0 aliphatic heterocycles. The third-order valence-corrected chi connectivity index (χ3v) is 3.81. The van der Waals surface area contributed by atoms with Gasteiger partial charge in [0.25, 0.3) is 0 Å². The summed E-state index contributed by atoms with van der Waals surface area (Å²) in [6.45, 7) is 3.13. The normalized spacial score (nSPS) is 10.1. The Hall–Kier alpha value is -2.01. The highest BCUT2D eigenvalue weighted by Crippen LogP contribution is 2.21. The molecule has 116 valence electrons. The third kappa shape index (κ3) is 4.49. The standard InChI is InChI=1S/C17H19BrN2O2/c1-3-22-14-10-8-13(9-11-14)12-20(2)17(21)19-16-7-5-4-6-15(16)18/h4-11H,3,12H2,1-2H3,(H,19,21). The number of amides is 2. The van der Waals surface area contributed by atoms with Gasteiger partial charge in [-0.2, -0.15) is 0 Å². The van der Waals surface area contributed by atoms with Crippen molar-refractivity contribution in [2.45, 2.75) is 13.5 Å². The number of nitrogens with zero attached hydrogens (tertiary/aromatic N) is 1. The number of para-hydroxylation sites is 1. The number of rotatable bonds is 5. The fourth-order valence-corrected chi connectivity index (χ4v) is 2.36. The van der Waals surface area contributed by atoms with E-state index in [-0.39, 0.29) is 6.03 Å². The minimum Gasteiger partial charge on any atom is -0.494 e. The van der Waals surface area contributed by atoms with Crippen molar-refractivity contribution in [2.75, 3.05) is 19.0 Å². The van der Waals surface area contributed by atoms with E-state index in [4.69, 9.17) is 4.74 Å². The zero-order valence-electron chi connectivity index (χ0n) is 12.7. The quantitative estimate of drug-likeness (QED) is 0.849. The summed E-state index contributed by atoms with van der Waals surface area (Å²) in [7, 11) is 1.77. The summed E-state index contributed by atoms with van der Waals surface area (Å²) >= 11 is 3.42. The SMILES string of the molecule is CCOc1ccc(CN(C)C(=O)Nc2ccccc2Br)cc1. The summed E-state index contributed by atoms with van der Waals surface area (Å²) in [5, 5.41) is 2.88. The molecule has 0 radical (unpaired) electrons. The molecule has 0 atom stereocenters. The predicted octanol–water partition coefficient (Wildman–Crippen LogP) is 4.51. The van der Waals surface area contributed by atoms with Gasteiger partial charge in [-0.15, -0.1) is 0 Å². The van der Waals surface area contributed by atoms with Gasteiger partial charge in [0.2, 0.25) is 0 Å². The largest absolute Gasteiger partial charge is 0.494 e. The first kappa shape index (κ1) is 16.4. The van der Waals surface area contributed by atoms with Crippen LogP contribution < -0.4 is 10.1 Å². The van der Waals surface area contributed by atoms with Crippen LogP contribution in [0.3, 0.4) is 0 Å². The fourth-order valence-electron chi connectivity index (χ4n) is 1.98. The van der Waals surface area contributed by atoms with Gasteiger partial charge in [-0.1, -0.05) is 24.3 Å². The van der Waals surface area contributed by atoms with E-state index in [1.165, 1.54) is 0 Å². The summed E-state index contributed by atoms with van der Waals surface area (Å²) in [5.74, 6) is 0.839. The Balaban J connectivity index is 1.95. The summed E-state index contributed by atoms with van der Waals surface area (Å²) in [4.78, 5) is 13.8. The smallest absolute Gasteiger partial charge is 0.321 e. The first-order valence-corrected chi connectivity index (χ1v) is 7.88. The van der Waals surface area contributed by atoms with Crippen molar-refractivity contribution in [1.29, 1.82) is 0 Å². The Morgan fingerprint density at radius 1 is 1.18 bits per heavy atom. The van der Waals surface area contributed by atoms with Gasteiger partial charge < -0.3 is 15.0 Å². The highest BCUT2D eigenvalue weighted by Gasteiger charge is 2.10. The van der Waals surface area contributed by atoms with E-state index >= 15 is 0 Å². The molecule has 5 heteroatoms. The number of ether oxygens (including phenoxy) is 1. The van der Waals surface area contributed by atoms with Crippen LogP contribution in [0.5, 0.6) is 5.75 Å². The number of urea groups is 1. The van der Waals surface area contributed by atoms with Crippen LogP contribution in [0.2, 0.25) is 0 Å². The number of carbonyl (C=O) groups is 1. The third-order valence-electron chi connectivity index (χ3n) is 3.12. The van der Waals surface area contributed by atoms with Gasteiger partial charge in [-0.05, 0) is 52.7 Å². The topological polar surface area (TPSA) is 41.6 Å². The van der Waals surface area contributed by atoms with Gasteiger partial charge >= 0.3 is 6.03 Å². The molecule has 2 rings (SSSR count). The Bertz CT molecular complexity index is 629. The van der Waals surface area contributed by atoms with E-state index in [0.29, 0.717) is 13.2 Å². The van der Waals surface area contributed by atoms with Crippen molar-refractivity contribution in [1.82, 2.24) is 4.90 Å². The molecule has 22 heavy (non-hydrogen) atoms. The average Bonchev–Trinajstić information content (AvgIpc) is 2.51. The van der Waals surface area contributed by atoms with Crippen LogP contribution in [-0.2, 0) is 6.54 Å². The lowest BCUT2D eigenvalue weighted by Gasteiger charge is -2.18. The zero-order valence-corrected chi connectivity index (χ0v) is 14.3. The van der Waals surface area contributed by atoms with E-state index in [9.17, 15) is 4.79 Å². The number of hydrogen-bond acceptors (Lipinski definition) is 2. The number of carbonyl (C=O) groups excluding carboxylic acids is 1. The molecule has 0 bridgehead atoms. The molecule has 0 saturated heterocycles. The molecule has 1 N–H and O–H groups in total. The van der Waals surface area contributed by atoms with Crippen molar-refractivity contribution in [2.24, 2.45) is 0 Å². The zero-order chi connectivity index (χ0) is 15.9. The van der Waals surface area contributed by atoms with Crippen LogP contribution in [0.15, 0.2) is 53.0 Å². The van der Waals surface area contributed by atoms with E-state index in [1.54, 1.807) is 11.9 Å². The lowest BCUT2D eigenvalue weighted by molar-refractivity contribution is 0.220. The highest BCUT2D eigenvalue weighted by molar-refractivity contribution is 9.10.